The second-order valence-electron chi connectivity index (χ2n) is 5.95. The van der Waals surface area contributed by atoms with Crippen molar-refractivity contribution in [1.29, 1.82) is 0 Å². The van der Waals surface area contributed by atoms with Gasteiger partial charge < -0.3 is 4.74 Å². The van der Waals surface area contributed by atoms with E-state index < -0.39 is 11.7 Å². The van der Waals surface area contributed by atoms with Crippen molar-refractivity contribution in [3.8, 4) is 16.3 Å². The second-order valence-corrected chi connectivity index (χ2v) is 7.03. The van der Waals surface area contributed by atoms with E-state index >= 15 is 0 Å². The molecule has 3 rings (SSSR count). The first kappa shape index (κ1) is 18.5. The maximum Gasteiger partial charge on any atom is 0.416 e. The first-order chi connectivity index (χ1) is 12.4. The van der Waals surface area contributed by atoms with Gasteiger partial charge in [0, 0.05) is 10.4 Å². The number of thiazole rings is 1. The first-order valence-corrected chi connectivity index (χ1v) is 8.95. The summed E-state index contributed by atoms with van der Waals surface area (Å²) in [5.74, 6) is 0.826. The third kappa shape index (κ3) is 4.25. The number of rotatable bonds is 5. The summed E-state index contributed by atoms with van der Waals surface area (Å²) in [7, 11) is 1.64. The van der Waals surface area contributed by atoms with E-state index in [9.17, 15) is 13.2 Å². The number of hydrogen-bond donors (Lipinski definition) is 0. The molecule has 26 heavy (non-hydrogen) atoms. The molecule has 0 atom stereocenters. The molecule has 0 aliphatic rings. The summed E-state index contributed by atoms with van der Waals surface area (Å²) in [6.45, 7) is 1.94. The maximum atomic E-state index is 12.7. The van der Waals surface area contributed by atoms with Crippen LogP contribution in [0.2, 0.25) is 0 Å². The molecular formula is C20H18F3NOS. The number of aryl methyl sites for hydroxylation is 3. The Labute approximate surface area is 154 Å². The minimum Gasteiger partial charge on any atom is -0.497 e. The standard InChI is InChI=1S/C20H18F3NOS/c1-13-18(12-5-14-3-10-17(25-2)11-4-14)26-19(24-13)15-6-8-16(9-7-15)20(21,22)23/h3-4,6-11H,5,12H2,1-2H3. The largest absolute Gasteiger partial charge is 0.497 e. The lowest BCUT2D eigenvalue weighted by molar-refractivity contribution is -0.137. The molecule has 0 bridgehead atoms. The Kier molecular flexibility index (Phi) is 5.32. The van der Waals surface area contributed by atoms with Crippen molar-refractivity contribution in [2.45, 2.75) is 25.9 Å². The normalized spacial score (nSPS) is 11.6. The Morgan fingerprint density at radius 1 is 0.962 bits per heavy atom. The van der Waals surface area contributed by atoms with Crippen LogP contribution in [-0.2, 0) is 19.0 Å². The average molecular weight is 377 g/mol. The van der Waals surface area contributed by atoms with E-state index in [0.717, 1.165) is 46.3 Å². The van der Waals surface area contributed by atoms with Gasteiger partial charge in [0.2, 0.25) is 0 Å². The zero-order chi connectivity index (χ0) is 18.7. The van der Waals surface area contributed by atoms with Crippen molar-refractivity contribution in [3.05, 3.63) is 70.2 Å². The van der Waals surface area contributed by atoms with Gasteiger partial charge in [0.05, 0.1) is 18.4 Å². The molecule has 3 aromatic rings. The lowest BCUT2D eigenvalue weighted by Crippen LogP contribution is -2.03. The highest BCUT2D eigenvalue weighted by atomic mass is 32.1. The second kappa shape index (κ2) is 7.50. The number of benzene rings is 2. The van der Waals surface area contributed by atoms with E-state index in [1.54, 1.807) is 7.11 Å². The zero-order valence-electron chi connectivity index (χ0n) is 14.4. The van der Waals surface area contributed by atoms with Crippen LogP contribution >= 0.6 is 11.3 Å². The minimum absolute atomic E-state index is 0.644. The molecule has 2 aromatic carbocycles. The molecule has 136 valence electrons. The van der Waals surface area contributed by atoms with E-state index in [2.05, 4.69) is 4.98 Å². The number of aromatic nitrogens is 1. The van der Waals surface area contributed by atoms with Crippen LogP contribution in [0.15, 0.2) is 48.5 Å². The molecule has 0 fully saturated rings. The monoisotopic (exact) mass is 377 g/mol. The summed E-state index contributed by atoms with van der Waals surface area (Å²) in [5, 5.41) is 0.751. The lowest BCUT2D eigenvalue weighted by atomic mass is 10.1. The Hall–Kier alpha value is -2.34. The molecule has 6 heteroatoms. The summed E-state index contributed by atoms with van der Waals surface area (Å²) < 4.78 is 43.2. The van der Waals surface area contributed by atoms with Crippen molar-refractivity contribution in [1.82, 2.24) is 4.98 Å². The third-order valence-corrected chi connectivity index (χ3v) is 5.42. The van der Waals surface area contributed by atoms with Gasteiger partial charge in [0.15, 0.2) is 0 Å². The maximum absolute atomic E-state index is 12.7. The minimum atomic E-state index is -4.32. The highest BCUT2D eigenvalue weighted by Gasteiger charge is 2.30. The van der Waals surface area contributed by atoms with Crippen molar-refractivity contribution in [3.63, 3.8) is 0 Å². The smallest absolute Gasteiger partial charge is 0.416 e. The van der Waals surface area contributed by atoms with Crippen LogP contribution in [0.1, 0.15) is 21.7 Å². The predicted molar refractivity (Wildman–Crippen MR) is 97.7 cm³/mol. The predicted octanol–water partition coefficient (Wildman–Crippen LogP) is 5.93. The molecule has 0 unspecified atom stereocenters. The molecule has 2 nitrogen and oxygen atoms in total. The third-order valence-electron chi connectivity index (χ3n) is 4.15. The quantitative estimate of drug-likeness (QED) is 0.550. The van der Waals surface area contributed by atoms with Gasteiger partial charge in [-0.05, 0) is 49.6 Å². The van der Waals surface area contributed by atoms with Crippen LogP contribution < -0.4 is 4.74 Å². The van der Waals surface area contributed by atoms with Gasteiger partial charge in [-0.1, -0.05) is 24.3 Å². The SMILES string of the molecule is COc1ccc(CCc2sc(-c3ccc(C(F)(F)F)cc3)nc2C)cc1. The molecule has 0 N–H and O–H groups in total. The first-order valence-electron chi connectivity index (χ1n) is 8.13. The zero-order valence-corrected chi connectivity index (χ0v) is 15.2. The molecule has 0 saturated carbocycles. The van der Waals surface area contributed by atoms with E-state index in [4.69, 9.17) is 4.74 Å². The molecule has 1 aromatic heterocycles. The molecular weight excluding hydrogens is 359 g/mol. The lowest BCUT2D eigenvalue weighted by Gasteiger charge is -2.06. The highest BCUT2D eigenvalue weighted by molar-refractivity contribution is 7.15. The number of alkyl halides is 3. The Bertz CT molecular complexity index is 868. The molecule has 0 radical (unpaired) electrons. The van der Waals surface area contributed by atoms with E-state index in [0.29, 0.717) is 5.56 Å². The number of nitrogens with zero attached hydrogens (tertiary/aromatic N) is 1. The van der Waals surface area contributed by atoms with Crippen LogP contribution in [0.4, 0.5) is 13.2 Å². The Morgan fingerprint density at radius 2 is 1.62 bits per heavy atom. The number of hydrogen-bond acceptors (Lipinski definition) is 3. The molecule has 0 saturated heterocycles. The summed E-state index contributed by atoms with van der Waals surface area (Å²) in [6.07, 6.45) is -2.60. The molecule has 0 spiro atoms. The fourth-order valence-corrected chi connectivity index (χ4v) is 3.70. The van der Waals surface area contributed by atoms with E-state index in [-0.39, 0.29) is 0 Å². The number of methoxy groups -OCH3 is 1. The topological polar surface area (TPSA) is 22.1 Å². The van der Waals surface area contributed by atoms with Gasteiger partial charge >= 0.3 is 6.18 Å². The van der Waals surface area contributed by atoms with Crippen LogP contribution in [0.3, 0.4) is 0 Å². The summed E-state index contributed by atoms with van der Waals surface area (Å²) >= 11 is 1.54. The summed E-state index contributed by atoms with van der Waals surface area (Å²) in [5.41, 5.74) is 2.20. The Balaban J connectivity index is 1.72. The van der Waals surface area contributed by atoms with E-state index in [1.807, 2.05) is 31.2 Å². The van der Waals surface area contributed by atoms with Gasteiger partial charge in [-0.15, -0.1) is 11.3 Å². The van der Waals surface area contributed by atoms with Crippen LogP contribution in [-0.4, -0.2) is 12.1 Å². The number of halogens is 3. The summed E-state index contributed by atoms with van der Waals surface area (Å²) in [6, 6.07) is 13.1. The van der Waals surface area contributed by atoms with Crippen molar-refractivity contribution < 1.29 is 17.9 Å². The molecule has 0 amide bonds. The number of ether oxygens (including phenoxy) is 1. The van der Waals surface area contributed by atoms with Crippen LogP contribution in [0.25, 0.3) is 10.6 Å². The summed E-state index contributed by atoms with van der Waals surface area (Å²) in [4.78, 5) is 5.68. The van der Waals surface area contributed by atoms with Gasteiger partial charge in [-0.3, -0.25) is 0 Å². The Morgan fingerprint density at radius 3 is 2.19 bits per heavy atom. The molecule has 1 heterocycles. The van der Waals surface area contributed by atoms with Crippen LogP contribution in [0, 0.1) is 6.92 Å². The van der Waals surface area contributed by atoms with Gasteiger partial charge in [0.25, 0.3) is 0 Å². The fourth-order valence-electron chi connectivity index (χ4n) is 2.64. The van der Waals surface area contributed by atoms with Crippen molar-refractivity contribution in [2.24, 2.45) is 0 Å². The molecule has 0 aliphatic heterocycles. The van der Waals surface area contributed by atoms with Gasteiger partial charge in [-0.2, -0.15) is 13.2 Å². The highest BCUT2D eigenvalue weighted by Crippen LogP contribution is 2.33. The van der Waals surface area contributed by atoms with Crippen LogP contribution in [0.5, 0.6) is 5.75 Å². The van der Waals surface area contributed by atoms with E-state index in [1.165, 1.54) is 29.0 Å². The molecule has 0 aliphatic carbocycles. The van der Waals surface area contributed by atoms with Gasteiger partial charge in [0.1, 0.15) is 10.8 Å². The van der Waals surface area contributed by atoms with Crippen molar-refractivity contribution >= 4 is 11.3 Å². The van der Waals surface area contributed by atoms with Gasteiger partial charge in [-0.25, -0.2) is 4.98 Å². The fraction of sp³-hybridized carbons (Fsp3) is 0.250. The van der Waals surface area contributed by atoms with Crippen molar-refractivity contribution in [2.75, 3.05) is 7.11 Å². The average Bonchev–Trinajstić information content (AvgIpc) is 3.00.